The summed E-state index contributed by atoms with van der Waals surface area (Å²) < 4.78 is 5.80. The van der Waals surface area contributed by atoms with Gasteiger partial charge in [-0.2, -0.15) is 0 Å². The summed E-state index contributed by atoms with van der Waals surface area (Å²) >= 11 is 3.18. The number of benzene rings is 1. The highest BCUT2D eigenvalue weighted by Crippen LogP contribution is 2.25. The molecule has 0 spiro atoms. The van der Waals surface area contributed by atoms with Crippen molar-refractivity contribution in [2.75, 3.05) is 25.0 Å². The standard InChI is InChI=1S/C17H18BrN3O3.ClH/c1-20(17(23)14-6-7-15(18)24-14)13-5-3-2-4-12(13)16(22)21-9-8-11(19)10-21;/h2-7,11H,8-10,19H2,1H3;1H/t11-;/m1./s1. The number of furan rings is 1. The molecule has 25 heavy (non-hydrogen) atoms. The van der Waals surface area contributed by atoms with Crippen LogP contribution in [0.5, 0.6) is 0 Å². The third kappa shape index (κ3) is 4.05. The van der Waals surface area contributed by atoms with Crippen LogP contribution in [0, 0.1) is 0 Å². The molecule has 3 rings (SSSR count). The highest BCUT2D eigenvalue weighted by atomic mass is 79.9. The molecule has 2 N–H and O–H groups in total. The van der Waals surface area contributed by atoms with Crippen LogP contribution in [0.4, 0.5) is 5.69 Å². The lowest BCUT2D eigenvalue weighted by atomic mass is 10.1. The number of nitrogens with two attached hydrogens (primary N) is 1. The van der Waals surface area contributed by atoms with Crippen LogP contribution in [0.3, 0.4) is 0 Å². The first-order chi connectivity index (χ1) is 11.5. The molecule has 0 saturated carbocycles. The van der Waals surface area contributed by atoms with Crippen molar-refractivity contribution in [3.05, 3.63) is 52.4 Å². The predicted octanol–water partition coefficient (Wildman–Crippen LogP) is 2.91. The maximum atomic E-state index is 12.8. The predicted molar refractivity (Wildman–Crippen MR) is 101 cm³/mol. The number of para-hydroxylation sites is 1. The number of anilines is 1. The van der Waals surface area contributed by atoms with E-state index in [1.54, 1.807) is 48.3 Å². The molecule has 1 aromatic heterocycles. The fourth-order valence-corrected chi connectivity index (χ4v) is 3.10. The van der Waals surface area contributed by atoms with Gasteiger partial charge in [-0.1, -0.05) is 12.1 Å². The Bertz CT molecular complexity index is 780. The molecule has 1 aliphatic rings. The second-order valence-electron chi connectivity index (χ2n) is 5.78. The smallest absolute Gasteiger partial charge is 0.293 e. The van der Waals surface area contributed by atoms with Crippen molar-refractivity contribution in [2.24, 2.45) is 5.73 Å². The minimum absolute atomic E-state index is 0. The first kappa shape index (κ1) is 19.5. The Balaban J connectivity index is 0.00000225. The molecule has 0 unspecified atom stereocenters. The first-order valence-corrected chi connectivity index (χ1v) is 8.44. The monoisotopic (exact) mass is 427 g/mol. The molecule has 2 aromatic rings. The summed E-state index contributed by atoms with van der Waals surface area (Å²) in [5.74, 6) is -0.229. The third-order valence-corrected chi connectivity index (χ3v) is 4.52. The maximum Gasteiger partial charge on any atom is 0.293 e. The number of carbonyl (C=O) groups excluding carboxylic acids is 2. The third-order valence-electron chi connectivity index (χ3n) is 4.10. The second kappa shape index (κ2) is 8.03. The Morgan fingerprint density at radius 3 is 2.60 bits per heavy atom. The zero-order chi connectivity index (χ0) is 17.3. The average molecular weight is 429 g/mol. The van der Waals surface area contributed by atoms with E-state index in [-0.39, 0.29) is 36.0 Å². The Morgan fingerprint density at radius 2 is 2.00 bits per heavy atom. The van der Waals surface area contributed by atoms with Crippen molar-refractivity contribution >= 4 is 45.8 Å². The van der Waals surface area contributed by atoms with E-state index in [0.29, 0.717) is 29.0 Å². The van der Waals surface area contributed by atoms with Crippen molar-refractivity contribution in [1.82, 2.24) is 4.90 Å². The van der Waals surface area contributed by atoms with E-state index >= 15 is 0 Å². The van der Waals surface area contributed by atoms with E-state index in [2.05, 4.69) is 15.9 Å². The number of carbonyl (C=O) groups is 2. The van der Waals surface area contributed by atoms with Gasteiger partial charge in [-0.25, -0.2) is 0 Å². The fourth-order valence-electron chi connectivity index (χ4n) is 2.79. The zero-order valence-electron chi connectivity index (χ0n) is 13.6. The molecule has 1 saturated heterocycles. The van der Waals surface area contributed by atoms with Gasteiger partial charge in [-0.05, 0) is 46.6 Å². The summed E-state index contributed by atoms with van der Waals surface area (Å²) in [6.45, 7) is 1.17. The molecule has 0 radical (unpaired) electrons. The lowest BCUT2D eigenvalue weighted by Crippen LogP contribution is -2.34. The average Bonchev–Trinajstić information content (AvgIpc) is 3.21. The summed E-state index contributed by atoms with van der Waals surface area (Å²) in [6, 6.07) is 10.3. The van der Waals surface area contributed by atoms with Crippen LogP contribution in [0.1, 0.15) is 27.3 Å². The molecule has 2 heterocycles. The molecular weight excluding hydrogens is 410 g/mol. The highest BCUT2D eigenvalue weighted by Gasteiger charge is 2.28. The van der Waals surface area contributed by atoms with Crippen molar-refractivity contribution in [3.63, 3.8) is 0 Å². The van der Waals surface area contributed by atoms with Gasteiger partial charge in [0.2, 0.25) is 0 Å². The van der Waals surface area contributed by atoms with E-state index in [4.69, 9.17) is 10.2 Å². The number of likely N-dealkylation sites (tertiary alicyclic amines) is 1. The summed E-state index contributed by atoms with van der Waals surface area (Å²) in [6.07, 6.45) is 0.795. The van der Waals surface area contributed by atoms with Crippen LogP contribution in [0.2, 0.25) is 0 Å². The van der Waals surface area contributed by atoms with Crippen LogP contribution < -0.4 is 10.6 Å². The van der Waals surface area contributed by atoms with Gasteiger partial charge in [0.05, 0.1) is 11.3 Å². The normalized spacial score (nSPS) is 16.4. The van der Waals surface area contributed by atoms with Gasteiger partial charge in [-0.3, -0.25) is 9.59 Å². The highest BCUT2D eigenvalue weighted by molar-refractivity contribution is 9.10. The molecule has 1 atom stereocenters. The van der Waals surface area contributed by atoms with E-state index in [1.807, 2.05) is 0 Å². The Kier molecular flexibility index (Phi) is 6.26. The number of halogens is 2. The number of hydrogen-bond acceptors (Lipinski definition) is 4. The number of rotatable bonds is 3. The van der Waals surface area contributed by atoms with E-state index in [0.717, 1.165) is 6.42 Å². The van der Waals surface area contributed by atoms with Crippen LogP contribution >= 0.6 is 28.3 Å². The molecule has 0 aliphatic carbocycles. The molecule has 1 fully saturated rings. The lowest BCUT2D eigenvalue weighted by molar-refractivity contribution is 0.0791. The summed E-state index contributed by atoms with van der Waals surface area (Å²) in [5, 5.41) is 0. The van der Waals surface area contributed by atoms with E-state index in [1.165, 1.54) is 4.90 Å². The minimum atomic E-state index is -0.320. The largest absolute Gasteiger partial charge is 0.444 e. The molecule has 6 nitrogen and oxygen atoms in total. The van der Waals surface area contributed by atoms with Crippen LogP contribution in [-0.2, 0) is 0 Å². The molecule has 1 aromatic carbocycles. The van der Waals surface area contributed by atoms with Gasteiger partial charge in [0, 0.05) is 26.2 Å². The van der Waals surface area contributed by atoms with Gasteiger partial charge in [0.1, 0.15) is 0 Å². The molecule has 2 amide bonds. The lowest BCUT2D eigenvalue weighted by Gasteiger charge is -2.22. The van der Waals surface area contributed by atoms with Crippen molar-refractivity contribution < 1.29 is 14.0 Å². The molecule has 0 bridgehead atoms. The van der Waals surface area contributed by atoms with Gasteiger partial charge in [0.15, 0.2) is 10.4 Å². The molecule has 1 aliphatic heterocycles. The Labute approximate surface area is 160 Å². The van der Waals surface area contributed by atoms with E-state index < -0.39 is 0 Å². The second-order valence-corrected chi connectivity index (χ2v) is 6.57. The molecular formula is C17H19BrClN3O3. The first-order valence-electron chi connectivity index (χ1n) is 7.64. The summed E-state index contributed by atoms with van der Waals surface area (Å²) in [5.41, 5.74) is 6.91. The van der Waals surface area contributed by atoms with Crippen LogP contribution in [0.15, 0.2) is 45.5 Å². The summed E-state index contributed by atoms with van der Waals surface area (Å²) in [4.78, 5) is 28.5. The quantitative estimate of drug-likeness (QED) is 0.815. The topological polar surface area (TPSA) is 79.8 Å². The van der Waals surface area contributed by atoms with Gasteiger partial charge in [0.25, 0.3) is 11.8 Å². The van der Waals surface area contributed by atoms with Gasteiger partial charge in [-0.15, -0.1) is 12.4 Å². The Hall–Kier alpha value is -1.83. The van der Waals surface area contributed by atoms with E-state index in [9.17, 15) is 9.59 Å². The van der Waals surface area contributed by atoms with Crippen LogP contribution in [0.25, 0.3) is 0 Å². The van der Waals surface area contributed by atoms with Crippen molar-refractivity contribution in [3.8, 4) is 0 Å². The summed E-state index contributed by atoms with van der Waals surface area (Å²) in [7, 11) is 1.63. The maximum absolute atomic E-state index is 12.8. The zero-order valence-corrected chi connectivity index (χ0v) is 16.0. The number of hydrogen-bond donors (Lipinski definition) is 1. The minimum Gasteiger partial charge on any atom is -0.444 e. The van der Waals surface area contributed by atoms with Crippen molar-refractivity contribution in [1.29, 1.82) is 0 Å². The fraction of sp³-hybridized carbons (Fsp3) is 0.294. The van der Waals surface area contributed by atoms with Crippen LogP contribution in [-0.4, -0.2) is 42.9 Å². The van der Waals surface area contributed by atoms with Crippen molar-refractivity contribution in [2.45, 2.75) is 12.5 Å². The molecule has 134 valence electrons. The SMILES string of the molecule is CN(C(=O)c1ccc(Br)o1)c1ccccc1C(=O)N1CC[C@@H](N)C1.Cl. The van der Waals surface area contributed by atoms with Gasteiger partial charge < -0.3 is 20.0 Å². The van der Waals surface area contributed by atoms with Gasteiger partial charge >= 0.3 is 0 Å². The number of amides is 2. The number of nitrogens with zero attached hydrogens (tertiary/aromatic N) is 2. The molecule has 8 heteroatoms. The Morgan fingerprint density at radius 1 is 1.28 bits per heavy atom.